The molecule has 0 aliphatic heterocycles. The molecule has 0 spiro atoms. The SMILES string of the molecule is COc1ccc(-c2cc(C(=O)Nc3ccc(NC(C)=O)cc3)c3ccccc3n2)cc1OC. The number of amides is 2. The fraction of sp³-hybridized carbons (Fsp3) is 0.115. The van der Waals surface area contributed by atoms with Crippen LogP contribution in [0.3, 0.4) is 0 Å². The van der Waals surface area contributed by atoms with Crippen molar-refractivity contribution in [1.82, 2.24) is 4.98 Å². The molecule has 7 nitrogen and oxygen atoms in total. The smallest absolute Gasteiger partial charge is 0.256 e. The predicted molar refractivity (Wildman–Crippen MR) is 129 cm³/mol. The number of ether oxygens (including phenoxy) is 2. The summed E-state index contributed by atoms with van der Waals surface area (Å²) in [7, 11) is 3.16. The van der Waals surface area contributed by atoms with E-state index in [1.54, 1.807) is 50.6 Å². The fourth-order valence-corrected chi connectivity index (χ4v) is 3.55. The third-order valence-electron chi connectivity index (χ3n) is 5.10. The molecule has 0 atom stereocenters. The molecule has 2 amide bonds. The lowest BCUT2D eigenvalue weighted by atomic mass is 10.0. The van der Waals surface area contributed by atoms with Gasteiger partial charge in [0.25, 0.3) is 5.91 Å². The maximum absolute atomic E-state index is 13.2. The first-order chi connectivity index (χ1) is 16.0. The van der Waals surface area contributed by atoms with Crippen LogP contribution in [0.4, 0.5) is 11.4 Å². The van der Waals surface area contributed by atoms with E-state index in [9.17, 15) is 9.59 Å². The number of carbonyl (C=O) groups is 2. The van der Waals surface area contributed by atoms with E-state index in [-0.39, 0.29) is 11.8 Å². The van der Waals surface area contributed by atoms with Crippen LogP contribution in [0.5, 0.6) is 11.5 Å². The Morgan fingerprint density at radius 1 is 0.788 bits per heavy atom. The number of nitrogens with zero attached hydrogens (tertiary/aromatic N) is 1. The zero-order valence-electron chi connectivity index (χ0n) is 18.5. The van der Waals surface area contributed by atoms with Crippen molar-refractivity contribution >= 4 is 34.1 Å². The number of pyridine rings is 1. The second-order valence-corrected chi connectivity index (χ2v) is 7.35. The minimum atomic E-state index is -0.261. The molecule has 2 N–H and O–H groups in total. The molecule has 33 heavy (non-hydrogen) atoms. The van der Waals surface area contributed by atoms with Gasteiger partial charge in [-0.3, -0.25) is 9.59 Å². The molecule has 0 saturated heterocycles. The number of hydrogen-bond donors (Lipinski definition) is 2. The second kappa shape index (κ2) is 9.40. The number of carbonyl (C=O) groups excluding carboxylic acids is 2. The number of nitrogens with one attached hydrogen (secondary N) is 2. The van der Waals surface area contributed by atoms with Crippen LogP contribution in [0.1, 0.15) is 17.3 Å². The van der Waals surface area contributed by atoms with Gasteiger partial charge in [0.15, 0.2) is 11.5 Å². The van der Waals surface area contributed by atoms with E-state index in [1.165, 1.54) is 6.92 Å². The highest BCUT2D eigenvalue weighted by Crippen LogP contribution is 2.33. The van der Waals surface area contributed by atoms with Crippen molar-refractivity contribution in [2.75, 3.05) is 24.9 Å². The number of rotatable bonds is 6. The first-order valence-electron chi connectivity index (χ1n) is 10.3. The minimum Gasteiger partial charge on any atom is -0.493 e. The molecule has 3 aromatic carbocycles. The Morgan fingerprint density at radius 2 is 1.45 bits per heavy atom. The van der Waals surface area contributed by atoms with Gasteiger partial charge in [0, 0.05) is 29.2 Å². The average Bonchev–Trinajstić information content (AvgIpc) is 2.83. The Bertz CT molecular complexity index is 1330. The van der Waals surface area contributed by atoms with E-state index < -0.39 is 0 Å². The number of para-hydroxylation sites is 1. The summed E-state index contributed by atoms with van der Waals surface area (Å²) in [5.74, 6) is 0.776. The third-order valence-corrected chi connectivity index (χ3v) is 5.10. The van der Waals surface area contributed by atoms with Gasteiger partial charge in [-0.2, -0.15) is 0 Å². The molecule has 0 bridgehead atoms. The van der Waals surface area contributed by atoms with Crippen LogP contribution in [-0.4, -0.2) is 31.0 Å². The third kappa shape index (κ3) is 4.77. The number of fused-ring (bicyclic) bond motifs is 1. The van der Waals surface area contributed by atoms with Gasteiger partial charge in [-0.25, -0.2) is 4.98 Å². The molecule has 0 aliphatic rings. The van der Waals surface area contributed by atoms with Crippen LogP contribution in [0.2, 0.25) is 0 Å². The van der Waals surface area contributed by atoms with Crippen molar-refractivity contribution in [3.63, 3.8) is 0 Å². The first-order valence-corrected chi connectivity index (χ1v) is 10.3. The van der Waals surface area contributed by atoms with E-state index in [2.05, 4.69) is 10.6 Å². The van der Waals surface area contributed by atoms with Gasteiger partial charge in [0.05, 0.1) is 31.0 Å². The second-order valence-electron chi connectivity index (χ2n) is 7.35. The van der Waals surface area contributed by atoms with Crippen molar-refractivity contribution in [3.05, 3.63) is 78.4 Å². The molecule has 1 heterocycles. The lowest BCUT2D eigenvalue weighted by Crippen LogP contribution is -2.13. The molecule has 0 radical (unpaired) electrons. The quantitative estimate of drug-likeness (QED) is 0.433. The summed E-state index contributed by atoms with van der Waals surface area (Å²) in [6, 6.07) is 21.7. The molecular formula is C26H23N3O4. The summed E-state index contributed by atoms with van der Waals surface area (Å²) < 4.78 is 10.7. The van der Waals surface area contributed by atoms with Crippen molar-refractivity contribution < 1.29 is 19.1 Å². The van der Waals surface area contributed by atoms with Gasteiger partial charge in [-0.1, -0.05) is 18.2 Å². The van der Waals surface area contributed by atoms with Crippen LogP contribution in [0.15, 0.2) is 72.8 Å². The average molecular weight is 441 g/mol. The van der Waals surface area contributed by atoms with E-state index in [1.807, 2.05) is 36.4 Å². The first kappa shape index (κ1) is 21.8. The topological polar surface area (TPSA) is 89.6 Å². The molecular weight excluding hydrogens is 418 g/mol. The Balaban J connectivity index is 1.71. The Morgan fingerprint density at radius 3 is 2.12 bits per heavy atom. The molecule has 1 aromatic heterocycles. The maximum atomic E-state index is 13.2. The fourth-order valence-electron chi connectivity index (χ4n) is 3.55. The zero-order chi connectivity index (χ0) is 23.4. The summed E-state index contributed by atoms with van der Waals surface area (Å²) in [6.45, 7) is 1.44. The van der Waals surface area contributed by atoms with Crippen molar-refractivity contribution in [3.8, 4) is 22.8 Å². The summed E-state index contributed by atoms with van der Waals surface area (Å²) in [6.07, 6.45) is 0. The van der Waals surface area contributed by atoms with E-state index in [0.717, 1.165) is 10.9 Å². The lowest BCUT2D eigenvalue weighted by Gasteiger charge is -2.13. The minimum absolute atomic E-state index is 0.155. The van der Waals surface area contributed by atoms with Crippen molar-refractivity contribution in [2.45, 2.75) is 6.92 Å². The van der Waals surface area contributed by atoms with Gasteiger partial charge in [-0.15, -0.1) is 0 Å². The van der Waals surface area contributed by atoms with Crippen LogP contribution in [0.25, 0.3) is 22.2 Å². The van der Waals surface area contributed by atoms with Gasteiger partial charge in [-0.05, 0) is 54.6 Å². The molecule has 0 fully saturated rings. The van der Waals surface area contributed by atoms with E-state index in [0.29, 0.717) is 39.6 Å². The monoisotopic (exact) mass is 441 g/mol. The highest BCUT2D eigenvalue weighted by atomic mass is 16.5. The number of anilines is 2. The zero-order valence-corrected chi connectivity index (χ0v) is 18.5. The Hall–Kier alpha value is -4.39. The number of aromatic nitrogens is 1. The number of methoxy groups -OCH3 is 2. The van der Waals surface area contributed by atoms with Crippen molar-refractivity contribution in [2.24, 2.45) is 0 Å². The Kier molecular flexibility index (Phi) is 6.22. The van der Waals surface area contributed by atoms with Gasteiger partial charge < -0.3 is 20.1 Å². The van der Waals surface area contributed by atoms with Crippen LogP contribution in [0, 0.1) is 0 Å². The van der Waals surface area contributed by atoms with Crippen LogP contribution < -0.4 is 20.1 Å². The number of hydrogen-bond acceptors (Lipinski definition) is 5. The largest absolute Gasteiger partial charge is 0.493 e. The van der Waals surface area contributed by atoms with Crippen LogP contribution >= 0.6 is 0 Å². The Labute approximate surface area is 191 Å². The molecule has 0 unspecified atom stereocenters. The van der Waals surface area contributed by atoms with Gasteiger partial charge in [0.2, 0.25) is 5.91 Å². The summed E-state index contributed by atoms with van der Waals surface area (Å²) in [4.78, 5) is 29.2. The van der Waals surface area contributed by atoms with E-state index in [4.69, 9.17) is 14.5 Å². The van der Waals surface area contributed by atoms with Crippen LogP contribution in [-0.2, 0) is 4.79 Å². The standard InChI is InChI=1S/C26H23N3O4/c1-16(30)27-18-9-11-19(12-10-18)28-26(31)21-15-23(29-22-7-5-4-6-20(21)22)17-8-13-24(32-2)25(14-17)33-3/h4-15H,1-3H3,(H,27,30)(H,28,31). The highest BCUT2D eigenvalue weighted by molar-refractivity contribution is 6.13. The number of benzene rings is 3. The molecule has 4 aromatic rings. The normalized spacial score (nSPS) is 10.5. The maximum Gasteiger partial charge on any atom is 0.256 e. The highest BCUT2D eigenvalue weighted by Gasteiger charge is 2.15. The van der Waals surface area contributed by atoms with Crippen molar-refractivity contribution in [1.29, 1.82) is 0 Å². The van der Waals surface area contributed by atoms with Gasteiger partial charge in [0.1, 0.15) is 0 Å². The molecule has 0 aliphatic carbocycles. The predicted octanol–water partition coefficient (Wildman–Crippen LogP) is 5.13. The van der Waals surface area contributed by atoms with Gasteiger partial charge >= 0.3 is 0 Å². The molecule has 166 valence electrons. The summed E-state index contributed by atoms with van der Waals surface area (Å²) >= 11 is 0. The summed E-state index contributed by atoms with van der Waals surface area (Å²) in [5.41, 5.74) is 3.91. The molecule has 4 rings (SSSR count). The summed E-state index contributed by atoms with van der Waals surface area (Å²) in [5, 5.41) is 6.38. The molecule has 0 saturated carbocycles. The van der Waals surface area contributed by atoms with E-state index >= 15 is 0 Å². The lowest BCUT2D eigenvalue weighted by molar-refractivity contribution is -0.114. The molecule has 7 heteroatoms.